The average Bonchev–Trinajstić information content (AvgIpc) is 3.32. The molecule has 0 saturated carbocycles. The summed E-state index contributed by atoms with van der Waals surface area (Å²) in [6.45, 7) is 1.84. The summed E-state index contributed by atoms with van der Waals surface area (Å²) in [4.78, 5) is 38.8. The van der Waals surface area contributed by atoms with Crippen LogP contribution in [0.5, 0.6) is 0 Å². The Labute approximate surface area is 213 Å². The molecule has 3 N–H and O–H groups in total. The summed E-state index contributed by atoms with van der Waals surface area (Å²) >= 11 is 0. The van der Waals surface area contributed by atoms with E-state index in [9.17, 15) is 19.1 Å². The maximum absolute atomic E-state index is 15.4. The summed E-state index contributed by atoms with van der Waals surface area (Å²) in [6, 6.07) is 2.65. The molecular formula is C26H22F2N6O4. The van der Waals surface area contributed by atoms with Crippen LogP contribution in [-0.2, 0) is 11.8 Å². The number of carbonyl (C=O) groups is 1. The summed E-state index contributed by atoms with van der Waals surface area (Å²) < 4.78 is 37.1. The molecule has 0 radical (unpaired) electrons. The first-order valence-corrected chi connectivity index (χ1v) is 11.9. The van der Waals surface area contributed by atoms with Gasteiger partial charge >= 0.3 is 5.97 Å². The Morgan fingerprint density at radius 3 is 2.63 bits per heavy atom. The number of ether oxygens (including phenoxy) is 1. The fourth-order valence-corrected chi connectivity index (χ4v) is 5.13. The maximum Gasteiger partial charge on any atom is 0.341 e. The molecule has 1 aromatic carbocycles. The second kappa shape index (κ2) is 8.77. The third-order valence-corrected chi connectivity index (χ3v) is 6.92. The SMILES string of the molecule is CNc1cc(F)c(F)c2c1[nH]c1ncc(-c3cnc4c(c3)c(=O)c(C(=O)O)cn4C)c(N3CCOCC3)c12. The van der Waals surface area contributed by atoms with Gasteiger partial charge in [-0.3, -0.25) is 4.79 Å². The van der Waals surface area contributed by atoms with Crippen molar-refractivity contribution in [3.8, 4) is 11.1 Å². The van der Waals surface area contributed by atoms with Crippen LogP contribution < -0.4 is 15.6 Å². The number of aromatic amines is 1. The van der Waals surface area contributed by atoms with E-state index in [0.717, 1.165) is 6.07 Å². The summed E-state index contributed by atoms with van der Waals surface area (Å²) in [7, 11) is 3.22. The van der Waals surface area contributed by atoms with Crippen LogP contribution in [0.25, 0.3) is 44.1 Å². The zero-order chi connectivity index (χ0) is 26.7. The van der Waals surface area contributed by atoms with Crippen LogP contribution in [0.4, 0.5) is 20.2 Å². The molecule has 1 saturated heterocycles. The van der Waals surface area contributed by atoms with E-state index in [-0.39, 0.29) is 16.3 Å². The van der Waals surface area contributed by atoms with Gasteiger partial charge in [0.25, 0.3) is 0 Å². The van der Waals surface area contributed by atoms with Crippen LogP contribution >= 0.6 is 0 Å². The van der Waals surface area contributed by atoms with Crippen LogP contribution in [0.15, 0.2) is 35.5 Å². The smallest absolute Gasteiger partial charge is 0.341 e. The van der Waals surface area contributed by atoms with Crippen molar-refractivity contribution in [1.29, 1.82) is 0 Å². The van der Waals surface area contributed by atoms with Gasteiger partial charge in [0.05, 0.1) is 46.3 Å². The fourth-order valence-electron chi connectivity index (χ4n) is 5.13. The number of carboxylic acids is 1. The van der Waals surface area contributed by atoms with E-state index in [1.165, 1.54) is 10.8 Å². The van der Waals surface area contributed by atoms with Gasteiger partial charge in [0.2, 0.25) is 5.43 Å². The van der Waals surface area contributed by atoms with Gasteiger partial charge < -0.3 is 29.6 Å². The standard InChI is InChI=1S/C26H22F2N6O4/c1-29-17-8-16(27)20(28)18-19-22(34-3-5-38-6-4-34)14(10-30-24(19)32-21(17)18)12-7-13-23(35)15(26(36)37)11-33(2)25(13)31-9-12/h7-11,29H,3-6H2,1-2H3,(H,30,32)(H,36,37). The van der Waals surface area contributed by atoms with E-state index in [0.29, 0.717) is 71.0 Å². The molecule has 1 aliphatic heterocycles. The molecule has 5 heterocycles. The van der Waals surface area contributed by atoms with Crippen molar-refractivity contribution in [3.05, 3.63) is 58.1 Å². The van der Waals surface area contributed by atoms with Crippen LogP contribution in [0.1, 0.15) is 10.4 Å². The van der Waals surface area contributed by atoms with Gasteiger partial charge in [-0.1, -0.05) is 0 Å². The highest BCUT2D eigenvalue weighted by Gasteiger charge is 2.26. The Hall–Kier alpha value is -4.58. The lowest BCUT2D eigenvalue weighted by atomic mass is 10.0. The van der Waals surface area contributed by atoms with Crippen LogP contribution in [0.2, 0.25) is 0 Å². The number of aromatic carboxylic acids is 1. The third-order valence-electron chi connectivity index (χ3n) is 6.92. The van der Waals surface area contributed by atoms with Crippen molar-refractivity contribution in [2.45, 2.75) is 0 Å². The van der Waals surface area contributed by atoms with Crippen LogP contribution in [0.3, 0.4) is 0 Å². The van der Waals surface area contributed by atoms with Crippen molar-refractivity contribution >= 4 is 50.3 Å². The number of hydrogen-bond donors (Lipinski definition) is 3. The molecular weight excluding hydrogens is 498 g/mol. The van der Waals surface area contributed by atoms with Gasteiger partial charge in [0.15, 0.2) is 11.6 Å². The molecule has 12 heteroatoms. The van der Waals surface area contributed by atoms with Gasteiger partial charge in [0, 0.05) is 63.0 Å². The lowest BCUT2D eigenvalue weighted by molar-refractivity contribution is 0.0695. The monoisotopic (exact) mass is 520 g/mol. The minimum atomic E-state index is -1.34. The number of pyridine rings is 3. The highest BCUT2D eigenvalue weighted by Crippen LogP contribution is 2.43. The first-order chi connectivity index (χ1) is 18.3. The second-order valence-corrected chi connectivity index (χ2v) is 9.07. The van der Waals surface area contributed by atoms with Gasteiger partial charge in [0.1, 0.15) is 16.9 Å². The molecule has 194 valence electrons. The summed E-state index contributed by atoms with van der Waals surface area (Å²) in [5, 5.41) is 13.0. The summed E-state index contributed by atoms with van der Waals surface area (Å²) in [6.07, 6.45) is 4.37. The number of nitrogens with zero attached hydrogens (tertiary/aromatic N) is 4. The molecule has 4 aromatic heterocycles. The molecule has 6 rings (SSSR count). The largest absolute Gasteiger partial charge is 0.477 e. The third kappa shape index (κ3) is 3.48. The minimum Gasteiger partial charge on any atom is -0.477 e. The van der Waals surface area contributed by atoms with Crippen molar-refractivity contribution in [3.63, 3.8) is 0 Å². The lowest BCUT2D eigenvalue weighted by Crippen LogP contribution is -2.36. The van der Waals surface area contributed by atoms with E-state index in [4.69, 9.17) is 4.74 Å². The van der Waals surface area contributed by atoms with E-state index >= 15 is 4.39 Å². The lowest BCUT2D eigenvalue weighted by Gasteiger charge is -2.31. The number of aromatic nitrogens is 4. The number of carboxylic acid groups (broad SMARTS) is 1. The molecule has 1 aliphatic rings. The number of H-pyrrole nitrogens is 1. The normalized spacial score (nSPS) is 14.1. The number of benzene rings is 1. The van der Waals surface area contributed by atoms with Crippen molar-refractivity contribution in [1.82, 2.24) is 19.5 Å². The molecule has 0 bridgehead atoms. The average molecular weight is 520 g/mol. The molecule has 0 aliphatic carbocycles. The van der Waals surface area contributed by atoms with Crippen molar-refractivity contribution in [2.75, 3.05) is 43.6 Å². The second-order valence-electron chi connectivity index (χ2n) is 9.07. The van der Waals surface area contributed by atoms with Crippen LogP contribution in [-0.4, -0.2) is 63.9 Å². The molecule has 0 amide bonds. The minimum absolute atomic E-state index is 0.0537. The van der Waals surface area contributed by atoms with Crippen molar-refractivity contribution in [2.24, 2.45) is 7.05 Å². The highest BCUT2D eigenvalue weighted by molar-refractivity contribution is 6.18. The number of nitrogens with one attached hydrogen (secondary N) is 2. The number of hydrogen-bond acceptors (Lipinski definition) is 7. The van der Waals surface area contributed by atoms with E-state index < -0.39 is 23.0 Å². The Morgan fingerprint density at radius 1 is 1.16 bits per heavy atom. The number of rotatable bonds is 4. The number of halogens is 2. The number of aryl methyl sites for hydroxylation is 1. The molecule has 38 heavy (non-hydrogen) atoms. The molecule has 10 nitrogen and oxygen atoms in total. The van der Waals surface area contributed by atoms with E-state index in [1.807, 2.05) is 4.90 Å². The van der Waals surface area contributed by atoms with Gasteiger partial charge in [-0.15, -0.1) is 0 Å². The van der Waals surface area contributed by atoms with Gasteiger partial charge in [-0.2, -0.15) is 0 Å². The Bertz CT molecular complexity index is 1840. The maximum atomic E-state index is 15.4. The summed E-state index contributed by atoms with van der Waals surface area (Å²) in [5.74, 6) is -3.35. The zero-order valence-corrected chi connectivity index (χ0v) is 20.4. The summed E-state index contributed by atoms with van der Waals surface area (Å²) in [5.41, 5.74) is 1.98. The van der Waals surface area contributed by atoms with Gasteiger partial charge in [-0.05, 0) is 6.07 Å². The number of fused-ring (bicyclic) bond motifs is 4. The molecule has 1 fully saturated rings. The molecule has 5 aromatic rings. The highest BCUT2D eigenvalue weighted by atomic mass is 19.2. The Balaban J connectivity index is 1.72. The predicted octanol–water partition coefficient (Wildman–Crippen LogP) is 3.48. The van der Waals surface area contributed by atoms with Crippen LogP contribution in [0, 0.1) is 11.6 Å². The van der Waals surface area contributed by atoms with Crippen molar-refractivity contribution < 1.29 is 23.4 Å². The first kappa shape index (κ1) is 23.8. The first-order valence-electron chi connectivity index (χ1n) is 11.9. The van der Waals surface area contributed by atoms with E-state index in [2.05, 4.69) is 20.3 Å². The quantitative estimate of drug-likeness (QED) is 0.329. The van der Waals surface area contributed by atoms with Gasteiger partial charge in [-0.25, -0.2) is 23.5 Å². The number of anilines is 2. The Morgan fingerprint density at radius 2 is 1.92 bits per heavy atom. The molecule has 0 unspecified atom stereocenters. The Kier molecular flexibility index (Phi) is 5.49. The molecule has 0 atom stereocenters. The van der Waals surface area contributed by atoms with E-state index in [1.54, 1.807) is 32.6 Å². The molecule has 0 spiro atoms. The topological polar surface area (TPSA) is 125 Å². The predicted molar refractivity (Wildman–Crippen MR) is 139 cm³/mol. The fraction of sp³-hybridized carbons (Fsp3) is 0.231. The number of morpholine rings is 1. The zero-order valence-electron chi connectivity index (χ0n) is 20.4.